The van der Waals surface area contributed by atoms with Crippen LogP contribution in [0, 0.1) is 5.92 Å². The van der Waals surface area contributed by atoms with Crippen LogP contribution in [0.5, 0.6) is 0 Å². The number of nitrogens with zero attached hydrogens (tertiary/aromatic N) is 2. The topological polar surface area (TPSA) is 28.2 Å². The van der Waals surface area contributed by atoms with Crippen LogP contribution in [-0.4, -0.2) is 29.0 Å². The summed E-state index contributed by atoms with van der Waals surface area (Å²) in [5, 5.41) is 4.42. The van der Waals surface area contributed by atoms with Gasteiger partial charge in [-0.2, -0.15) is 0 Å². The summed E-state index contributed by atoms with van der Waals surface area (Å²) in [4.78, 5) is 8.37. The molecule has 1 aliphatic rings. The Morgan fingerprint density at radius 1 is 1.53 bits per heavy atom. The fourth-order valence-corrected chi connectivity index (χ4v) is 3.36. The second-order valence-electron chi connectivity index (χ2n) is 5.18. The number of rotatable bonds is 5. The minimum atomic E-state index is 0.721. The minimum absolute atomic E-state index is 0.721. The van der Waals surface area contributed by atoms with Crippen LogP contribution in [0.25, 0.3) is 0 Å². The maximum Gasteiger partial charge on any atom is 0.182 e. The molecule has 0 spiro atoms. The molecule has 2 atom stereocenters. The second-order valence-corrected chi connectivity index (χ2v) is 6.29. The summed E-state index contributed by atoms with van der Waals surface area (Å²) in [6.07, 6.45) is 4.51. The van der Waals surface area contributed by atoms with Crippen LogP contribution in [0.3, 0.4) is 0 Å². The van der Waals surface area contributed by atoms with Gasteiger partial charge in [0, 0.05) is 36.8 Å². The standard InChI is InChI=1S/C13H23N3S/c1-4-5-14-13-15-7-12(17-13)9-16-8-10(2)6-11(16)3/h7,10-11H,4-6,8-9H2,1-3H3,(H,14,15). The summed E-state index contributed by atoms with van der Waals surface area (Å²) >= 11 is 1.80. The van der Waals surface area contributed by atoms with E-state index in [1.165, 1.54) is 17.8 Å². The van der Waals surface area contributed by atoms with Crippen molar-refractivity contribution in [2.45, 2.75) is 46.2 Å². The number of nitrogens with one attached hydrogen (secondary N) is 1. The molecule has 2 rings (SSSR count). The van der Waals surface area contributed by atoms with Gasteiger partial charge < -0.3 is 5.32 Å². The summed E-state index contributed by atoms with van der Waals surface area (Å²) in [5.74, 6) is 0.843. The monoisotopic (exact) mass is 253 g/mol. The van der Waals surface area contributed by atoms with Gasteiger partial charge in [-0.15, -0.1) is 11.3 Å². The summed E-state index contributed by atoms with van der Waals surface area (Å²) in [6.45, 7) is 10.2. The molecule has 2 heterocycles. The van der Waals surface area contributed by atoms with Gasteiger partial charge in [-0.25, -0.2) is 4.98 Å². The molecule has 1 fully saturated rings. The van der Waals surface area contributed by atoms with Crippen LogP contribution in [0.4, 0.5) is 5.13 Å². The largest absolute Gasteiger partial charge is 0.362 e. The maximum atomic E-state index is 4.42. The number of hydrogen-bond donors (Lipinski definition) is 1. The third kappa shape index (κ3) is 3.42. The van der Waals surface area contributed by atoms with Crippen molar-refractivity contribution >= 4 is 16.5 Å². The van der Waals surface area contributed by atoms with Crippen LogP contribution in [0.1, 0.15) is 38.5 Å². The highest BCUT2D eigenvalue weighted by Crippen LogP contribution is 2.27. The van der Waals surface area contributed by atoms with Crippen molar-refractivity contribution in [2.75, 3.05) is 18.4 Å². The lowest BCUT2D eigenvalue weighted by molar-refractivity contribution is 0.259. The van der Waals surface area contributed by atoms with Gasteiger partial charge in [0.1, 0.15) is 0 Å². The van der Waals surface area contributed by atoms with E-state index in [1.54, 1.807) is 11.3 Å². The fourth-order valence-electron chi connectivity index (χ4n) is 2.50. The number of thiazole rings is 1. The Hall–Kier alpha value is -0.610. The van der Waals surface area contributed by atoms with E-state index in [4.69, 9.17) is 0 Å². The molecule has 0 bridgehead atoms. The molecular weight excluding hydrogens is 230 g/mol. The van der Waals surface area contributed by atoms with Crippen LogP contribution in [0.15, 0.2) is 6.20 Å². The molecule has 1 aliphatic heterocycles. The summed E-state index contributed by atoms with van der Waals surface area (Å²) in [6, 6.07) is 0.721. The van der Waals surface area contributed by atoms with E-state index >= 15 is 0 Å². The fraction of sp³-hybridized carbons (Fsp3) is 0.769. The minimum Gasteiger partial charge on any atom is -0.362 e. The van der Waals surface area contributed by atoms with E-state index in [-0.39, 0.29) is 0 Å². The first-order valence-electron chi connectivity index (χ1n) is 6.61. The third-order valence-electron chi connectivity index (χ3n) is 3.35. The first-order valence-corrected chi connectivity index (χ1v) is 7.43. The molecule has 0 aliphatic carbocycles. The average molecular weight is 253 g/mol. The van der Waals surface area contributed by atoms with Crippen LogP contribution < -0.4 is 5.32 Å². The summed E-state index contributed by atoms with van der Waals surface area (Å²) in [7, 11) is 0. The molecule has 96 valence electrons. The number of likely N-dealkylation sites (tertiary alicyclic amines) is 1. The normalized spacial score (nSPS) is 25.4. The summed E-state index contributed by atoms with van der Waals surface area (Å²) in [5.41, 5.74) is 0. The van der Waals surface area contributed by atoms with E-state index in [9.17, 15) is 0 Å². The molecular formula is C13H23N3S. The Kier molecular flexibility index (Phi) is 4.40. The molecule has 1 aromatic rings. The Bertz CT molecular complexity index is 350. The van der Waals surface area contributed by atoms with E-state index < -0.39 is 0 Å². The maximum absolute atomic E-state index is 4.42. The van der Waals surface area contributed by atoms with Gasteiger partial charge in [-0.3, -0.25) is 4.90 Å². The van der Waals surface area contributed by atoms with E-state index in [0.717, 1.165) is 36.6 Å². The predicted octanol–water partition coefficient (Wildman–Crippen LogP) is 3.20. The second kappa shape index (κ2) is 5.83. The van der Waals surface area contributed by atoms with Gasteiger partial charge in [-0.05, 0) is 25.7 Å². The molecule has 17 heavy (non-hydrogen) atoms. The van der Waals surface area contributed by atoms with Crippen molar-refractivity contribution < 1.29 is 0 Å². The van der Waals surface area contributed by atoms with Crippen molar-refractivity contribution in [3.63, 3.8) is 0 Å². The Balaban J connectivity index is 1.88. The Labute approximate surface area is 108 Å². The molecule has 0 aromatic carbocycles. The van der Waals surface area contributed by atoms with Crippen LogP contribution in [-0.2, 0) is 6.54 Å². The highest BCUT2D eigenvalue weighted by molar-refractivity contribution is 7.15. The molecule has 3 nitrogen and oxygen atoms in total. The van der Waals surface area contributed by atoms with Crippen molar-refractivity contribution in [3.8, 4) is 0 Å². The molecule has 1 saturated heterocycles. The lowest BCUT2D eigenvalue weighted by Crippen LogP contribution is -2.26. The number of hydrogen-bond acceptors (Lipinski definition) is 4. The molecule has 0 radical (unpaired) electrons. The lowest BCUT2D eigenvalue weighted by Gasteiger charge is -2.19. The Morgan fingerprint density at radius 3 is 3.00 bits per heavy atom. The molecule has 0 saturated carbocycles. The highest BCUT2D eigenvalue weighted by atomic mass is 32.1. The van der Waals surface area contributed by atoms with Gasteiger partial charge in [-0.1, -0.05) is 13.8 Å². The summed E-state index contributed by atoms with van der Waals surface area (Å²) < 4.78 is 0. The molecule has 4 heteroatoms. The van der Waals surface area contributed by atoms with Gasteiger partial charge in [0.25, 0.3) is 0 Å². The molecule has 1 N–H and O–H groups in total. The average Bonchev–Trinajstić information content (AvgIpc) is 2.84. The van der Waals surface area contributed by atoms with Crippen molar-refractivity contribution in [1.29, 1.82) is 0 Å². The number of aromatic nitrogens is 1. The quantitative estimate of drug-likeness (QED) is 0.873. The third-order valence-corrected chi connectivity index (χ3v) is 4.29. The first-order chi connectivity index (χ1) is 8.19. The molecule has 0 amide bonds. The van der Waals surface area contributed by atoms with Crippen molar-refractivity contribution in [1.82, 2.24) is 9.88 Å². The van der Waals surface area contributed by atoms with Crippen molar-refractivity contribution in [3.05, 3.63) is 11.1 Å². The first kappa shape index (κ1) is 12.8. The van der Waals surface area contributed by atoms with Crippen molar-refractivity contribution in [2.24, 2.45) is 5.92 Å². The zero-order chi connectivity index (χ0) is 12.3. The number of anilines is 1. The highest BCUT2D eigenvalue weighted by Gasteiger charge is 2.26. The van der Waals surface area contributed by atoms with Gasteiger partial charge in [0.05, 0.1) is 0 Å². The van der Waals surface area contributed by atoms with E-state index in [0.29, 0.717) is 0 Å². The van der Waals surface area contributed by atoms with Gasteiger partial charge >= 0.3 is 0 Å². The van der Waals surface area contributed by atoms with Gasteiger partial charge in [0.15, 0.2) is 5.13 Å². The van der Waals surface area contributed by atoms with E-state index in [2.05, 4.69) is 36.0 Å². The van der Waals surface area contributed by atoms with Crippen LogP contribution in [0.2, 0.25) is 0 Å². The molecule has 1 aromatic heterocycles. The lowest BCUT2D eigenvalue weighted by atomic mass is 10.1. The van der Waals surface area contributed by atoms with Crippen LogP contribution >= 0.6 is 11.3 Å². The van der Waals surface area contributed by atoms with E-state index in [1.807, 2.05) is 6.20 Å². The van der Waals surface area contributed by atoms with Gasteiger partial charge in [0.2, 0.25) is 0 Å². The zero-order valence-electron chi connectivity index (χ0n) is 11.1. The smallest absolute Gasteiger partial charge is 0.182 e. The Morgan fingerprint density at radius 2 is 2.35 bits per heavy atom. The molecule has 2 unspecified atom stereocenters. The predicted molar refractivity (Wildman–Crippen MR) is 74.5 cm³/mol. The SMILES string of the molecule is CCCNc1ncc(CN2CC(C)CC2C)s1. The zero-order valence-corrected chi connectivity index (χ0v) is 11.9.